The number of ketones is 1. The molecule has 1 unspecified atom stereocenters. The number of carbonyl (C=O) groups excluding carboxylic acids is 1. The lowest BCUT2D eigenvalue weighted by molar-refractivity contribution is -0.118. The minimum absolute atomic E-state index is 0.189. The Kier molecular flexibility index (Phi) is 3.60. The van der Waals surface area contributed by atoms with Gasteiger partial charge in [0.25, 0.3) is 0 Å². The van der Waals surface area contributed by atoms with Crippen molar-refractivity contribution in [3.63, 3.8) is 0 Å². The molecule has 3 fully saturated rings. The van der Waals surface area contributed by atoms with Gasteiger partial charge >= 0.3 is 0 Å². The molecule has 0 radical (unpaired) electrons. The van der Waals surface area contributed by atoms with E-state index in [1.807, 2.05) is 0 Å². The predicted molar refractivity (Wildman–Crippen MR) is 95.1 cm³/mol. The summed E-state index contributed by atoms with van der Waals surface area (Å²) < 4.78 is 0. The van der Waals surface area contributed by atoms with E-state index >= 15 is 0 Å². The first kappa shape index (κ1) is 15.9. The zero-order chi connectivity index (χ0) is 16.4. The van der Waals surface area contributed by atoms with Crippen molar-refractivity contribution in [2.45, 2.75) is 85.5 Å². The van der Waals surface area contributed by atoms with E-state index in [0.717, 1.165) is 23.7 Å². The van der Waals surface area contributed by atoms with Crippen LogP contribution in [0.2, 0.25) is 0 Å². The Morgan fingerprint density at radius 1 is 1.00 bits per heavy atom. The van der Waals surface area contributed by atoms with Crippen molar-refractivity contribution >= 4 is 5.78 Å². The first-order valence-electron chi connectivity index (χ1n) is 10.1. The smallest absolute Gasteiger partial charge is 0.156 e. The van der Waals surface area contributed by atoms with Crippen molar-refractivity contribution in [2.75, 3.05) is 0 Å². The van der Waals surface area contributed by atoms with Crippen molar-refractivity contribution < 1.29 is 4.79 Å². The topological polar surface area (TPSA) is 17.1 Å². The van der Waals surface area contributed by atoms with Gasteiger partial charge in [0.15, 0.2) is 5.78 Å². The van der Waals surface area contributed by atoms with Gasteiger partial charge in [-0.05, 0) is 98.9 Å². The molecule has 23 heavy (non-hydrogen) atoms. The van der Waals surface area contributed by atoms with Crippen molar-refractivity contribution in [1.29, 1.82) is 0 Å². The molecule has 0 spiro atoms. The van der Waals surface area contributed by atoms with Gasteiger partial charge in [0.1, 0.15) is 0 Å². The standard InChI is InChI=1S/C22H34O/c1-14-13-19-17-9-8-16-7-5-6-11-21(16,3)18(17)10-12-22(19,4)20(14)15(2)23/h16-19H,5-13H2,1-4H3/t16?,17-,18+,19+,21+,22+/m1/s1. The van der Waals surface area contributed by atoms with Gasteiger partial charge in [0, 0.05) is 0 Å². The van der Waals surface area contributed by atoms with E-state index in [1.54, 1.807) is 6.92 Å². The number of fused-ring (bicyclic) bond motifs is 5. The summed E-state index contributed by atoms with van der Waals surface area (Å²) in [7, 11) is 0. The largest absolute Gasteiger partial charge is 0.295 e. The number of Topliss-reactive ketones (excluding diaryl/α,β-unsaturated/α-hetero) is 1. The molecule has 128 valence electrons. The SMILES string of the molecule is CC(=O)C1=C(C)C[C@H]2[C@@H]3CCC4CCCC[C@]4(C)[C@H]3CC[C@]12C. The molecule has 0 aliphatic heterocycles. The fraction of sp³-hybridized carbons (Fsp3) is 0.864. The molecule has 0 bridgehead atoms. The Morgan fingerprint density at radius 3 is 2.52 bits per heavy atom. The molecule has 1 nitrogen and oxygen atoms in total. The minimum atomic E-state index is 0.189. The summed E-state index contributed by atoms with van der Waals surface area (Å²) in [6.07, 6.45) is 12.6. The van der Waals surface area contributed by atoms with Crippen LogP contribution < -0.4 is 0 Å². The fourth-order valence-electron chi connectivity index (χ4n) is 7.92. The highest BCUT2D eigenvalue weighted by molar-refractivity contribution is 5.96. The third-order valence-corrected chi connectivity index (χ3v) is 8.85. The zero-order valence-corrected chi connectivity index (χ0v) is 15.6. The molecule has 1 heteroatoms. The molecule has 4 aliphatic rings. The molecule has 0 N–H and O–H groups in total. The summed E-state index contributed by atoms with van der Waals surface area (Å²) in [4.78, 5) is 12.3. The van der Waals surface area contributed by atoms with Gasteiger partial charge in [-0.15, -0.1) is 0 Å². The maximum Gasteiger partial charge on any atom is 0.156 e. The number of hydrogen-bond donors (Lipinski definition) is 0. The van der Waals surface area contributed by atoms with E-state index in [2.05, 4.69) is 20.8 Å². The van der Waals surface area contributed by atoms with Gasteiger partial charge in [-0.1, -0.05) is 32.3 Å². The van der Waals surface area contributed by atoms with Crippen LogP contribution in [0.25, 0.3) is 0 Å². The Bertz CT molecular complexity index is 558. The lowest BCUT2D eigenvalue weighted by Gasteiger charge is -2.60. The van der Waals surface area contributed by atoms with Crippen LogP contribution in [0, 0.1) is 34.5 Å². The molecule has 0 aromatic rings. The zero-order valence-electron chi connectivity index (χ0n) is 15.6. The van der Waals surface area contributed by atoms with E-state index in [1.165, 1.54) is 68.9 Å². The second-order valence-electron chi connectivity index (χ2n) is 9.77. The molecule has 3 saturated carbocycles. The van der Waals surface area contributed by atoms with E-state index in [-0.39, 0.29) is 5.41 Å². The Balaban J connectivity index is 1.67. The molecule has 6 atom stereocenters. The Morgan fingerprint density at radius 2 is 1.78 bits per heavy atom. The molecule has 4 rings (SSSR count). The average Bonchev–Trinajstić information content (AvgIpc) is 2.77. The van der Waals surface area contributed by atoms with Gasteiger partial charge in [-0.2, -0.15) is 0 Å². The van der Waals surface area contributed by atoms with Crippen LogP contribution >= 0.6 is 0 Å². The summed E-state index contributed by atoms with van der Waals surface area (Å²) in [6, 6.07) is 0. The van der Waals surface area contributed by atoms with Gasteiger partial charge in [-0.25, -0.2) is 0 Å². The van der Waals surface area contributed by atoms with E-state index in [0.29, 0.717) is 11.2 Å². The summed E-state index contributed by atoms with van der Waals surface area (Å²) in [5.41, 5.74) is 3.43. The van der Waals surface area contributed by atoms with Crippen LogP contribution in [0.3, 0.4) is 0 Å². The molecule has 0 aromatic carbocycles. The normalized spacial score (nSPS) is 49.4. The van der Waals surface area contributed by atoms with Crippen molar-refractivity contribution in [2.24, 2.45) is 34.5 Å². The van der Waals surface area contributed by atoms with Crippen LogP contribution in [-0.2, 0) is 4.79 Å². The van der Waals surface area contributed by atoms with E-state index < -0.39 is 0 Å². The summed E-state index contributed by atoms with van der Waals surface area (Å²) in [5, 5.41) is 0. The lowest BCUT2D eigenvalue weighted by Crippen LogP contribution is -2.52. The second-order valence-corrected chi connectivity index (χ2v) is 9.77. The first-order valence-corrected chi connectivity index (χ1v) is 10.1. The maximum absolute atomic E-state index is 12.3. The minimum Gasteiger partial charge on any atom is -0.295 e. The lowest BCUT2D eigenvalue weighted by atomic mass is 9.45. The van der Waals surface area contributed by atoms with Crippen LogP contribution in [0.4, 0.5) is 0 Å². The predicted octanol–water partition coefficient (Wildman–Crippen LogP) is 5.93. The number of hydrogen-bond acceptors (Lipinski definition) is 1. The molecule has 4 aliphatic carbocycles. The maximum atomic E-state index is 12.3. The monoisotopic (exact) mass is 314 g/mol. The molecular formula is C22H34O. The average molecular weight is 315 g/mol. The fourth-order valence-corrected chi connectivity index (χ4v) is 7.92. The number of allylic oxidation sites excluding steroid dienone is 2. The van der Waals surface area contributed by atoms with E-state index in [9.17, 15) is 4.79 Å². The van der Waals surface area contributed by atoms with Gasteiger partial charge in [-0.3, -0.25) is 4.79 Å². The van der Waals surface area contributed by atoms with Gasteiger partial charge in [0.2, 0.25) is 0 Å². The Labute approximate surface area is 142 Å². The van der Waals surface area contributed by atoms with Gasteiger partial charge in [0.05, 0.1) is 0 Å². The number of rotatable bonds is 1. The third kappa shape index (κ3) is 2.07. The van der Waals surface area contributed by atoms with E-state index in [4.69, 9.17) is 0 Å². The van der Waals surface area contributed by atoms with Crippen molar-refractivity contribution in [3.8, 4) is 0 Å². The third-order valence-electron chi connectivity index (χ3n) is 8.85. The summed E-state index contributed by atoms with van der Waals surface area (Å²) in [6.45, 7) is 9.11. The van der Waals surface area contributed by atoms with Crippen LogP contribution in [0.5, 0.6) is 0 Å². The summed E-state index contributed by atoms with van der Waals surface area (Å²) >= 11 is 0. The van der Waals surface area contributed by atoms with Crippen LogP contribution in [0.15, 0.2) is 11.1 Å². The van der Waals surface area contributed by atoms with Gasteiger partial charge < -0.3 is 0 Å². The molecule has 0 amide bonds. The van der Waals surface area contributed by atoms with Crippen molar-refractivity contribution in [3.05, 3.63) is 11.1 Å². The molecule has 0 saturated heterocycles. The first-order chi connectivity index (χ1) is 10.9. The van der Waals surface area contributed by atoms with Crippen LogP contribution in [0.1, 0.15) is 85.5 Å². The Hall–Kier alpha value is -0.590. The highest BCUT2D eigenvalue weighted by atomic mass is 16.1. The second kappa shape index (κ2) is 5.20. The van der Waals surface area contributed by atoms with Crippen LogP contribution in [-0.4, -0.2) is 5.78 Å². The highest BCUT2D eigenvalue weighted by Crippen LogP contribution is 2.67. The van der Waals surface area contributed by atoms with Crippen molar-refractivity contribution in [1.82, 2.24) is 0 Å². The molecule has 0 heterocycles. The summed E-state index contributed by atoms with van der Waals surface area (Å²) in [5.74, 6) is 3.89. The molecule has 0 aromatic heterocycles. The quantitative estimate of drug-likeness (QED) is 0.586. The highest BCUT2D eigenvalue weighted by Gasteiger charge is 2.59. The number of carbonyl (C=O) groups is 1. The molecular weight excluding hydrogens is 280 g/mol.